The first-order chi connectivity index (χ1) is 7.61. The van der Waals surface area contributed by atoms with Crippen LogP contribution in [0.25, 0.3) is 11.1 Å². The summed E-state index contributed by atoms with van der Waals surface area (Å²) in [5, 5.41) is 0. The molecule has 0 saturated carbocycles. The molecule has 2 N–H and O–H groups in total. The van der Waals surface area contributed by atoms with E-state index in [9.17, 15) is 8.78 Å². The molecular weight excluding hydrogens is 210 g/mol. The van der Waals surface area contributed by atoms with Gasteiger partial charge >= 0.3 is 0 Å². The lowest BCUT2D eigenvalue weighted by Crippen LogP contribution is -1.96. The summed E-state index contributed by atoms with van der Waals surface area (Å²) in [5.74, 6) is -1.72. The van der Waals surface area contributed by atoms with Crippen LogP contribution in [0.15, 0.2) is 30.6 Å². The molecule has 0 aliphatic heterocycles. The highest BCUT2D eigenvalue weighted by Crippen LogP contribution is 2.29. The minimum atomic E-state index is -0.877. The molecular formula is C12H10F2N2. The normalized spacial score (nSPS) is 10.4. The van der Waals surface area contributed by atoms with Gasteiger partial charge in [0.15, 0.2) is 11.6 Å². The van der Waals surface area contributed by atoms with Gasteiger partial charge in [-0.15, -0.1) is 0 Å². The van der Waals surface area contributed by atoms with Gasteiger partial charge in [0.2, 0.25) is 0 Å². The van der Waals surface area contributed by atoms with Crippen molar-refractivity contribution in [2.75, 3.05) is 5.73 Å². The molecule has 0 amide bonds. The number of rotatable bonds is 1. The van der Waals surface area contributed by atoms with Crippen molar-refractivity contribution in [2.45, 2.75) is 6.92 Å². The summed E-state index contributed by atoms with van der Waals surface area (Å²) in [5.41, 5.74) is 6.86. The summed E-state index contributed by atoms with van der Waals surface area (Å²) in [6.45, 7) is 1.51. The molecule has 0 radical (unpaired) electrons. The number of nitrogen functional groups attached to an aromatic ring is 1. The van der Waals surface area contributed by atoms with Crippen LogP contribution in [0.3, 0.4) is 0 Å². The molecule has 2 aromatic rings. The minimum Gasteiger partial charge on any atom is -0.397 e. The summed E-state index contributed by atoms with van der Waals surface area (Å²) < 4.78 is 27.1. The summed E-state index contributed by atoms with van der Waals surface area (Å²) in [7, 11) is 0. The Hall–Kier alpha value is -1.97. The van der Waals surface area contributed by atoms with Gasteiger partial charge < -0.3 is 5.73 Å². The third-order valence-electron chi connectivity index (χ3n) is 2.42. The van der Waals surface area contributed by atoms with E-state index in [1.165, 1.54) is 31.5 Å². The van der Waals surface area contributed by atoms with E-state index in [0.29, 0.717) is 11.3 Å². The van der Waals surface area contributed by atoms with Gasteiger partial charge in [0.25, 0.3) is 0 Å². The Morgan fingerprint density at radius 3 is 2.50 bits per heavy atom. The summed E-state index contributed by atoms with van der Waals surface area (Å²) in [6, 6.07) is 4.59. The second-order valence-electron chi connectivity index (χ2n) is 3.52. The number of halogens is 2. The third-order valence-corrected chi connectivity index (χ3v) is 2.42. The average molecular weight is 220 g/mol. The van der Waals surface area contributed by atoms with Crippen LogP contribution in [0, 0.1) is 18.6 Å². The van der Waals surface area contributed by atoms with E-state index in [2.05, 4.69) is 4.98 Å². The smallest absolute Gasteiger partial charge is 0.166 e. The van der Waals surface area contributed by atoms with Crippen LogP contribution in [0.4, 0.5) is 14.5 Å². The summed E-state index contributed by atoms with van der Waals surface area (Å²) >= 11 is 0. The SMILES string of the molecule is Cc1ccc(-c2ccncc2N)c(F)c1F. The maximum atomic E-state index is 13.7. The fourth-order valence-electron chi connectivity index (χ4n) is 1.51. The molecule has 0 aliphatic rings. The first-order valence-corrected chi connectivity index (χ1v) is 4.75. The molecule has 0 aliphatic carbocycles. The minimum absolute atomic E-state index is 0.156. The Bertz CT molecular complexity index is 539. The van der Waals surface area contributed by atoms with E-state index in [0.717, 1.165) is 0 Å². The van der Waals surface area contributed by atoms with Crippen LogP contribution in [0.1, 0.15) is 5.56 Å². The van der Waals surface area contributed by atoms with Gasteiger partial charge in [0, 0.05) is 17.3 Å². The van der Waals surface area contributed by atoms with E-state index in [1.807, 2.05) is 0 Å². The average Bonchev–Trinajstić information content (AvgIpc) is 2.28. The largest absolute Gasteiger partial charge is 0.397 e. The Morgan fingerprint density at radius 2 is 1.81 bits per heavy atom. The quantitative estimate of drug-likeness (QED) is 0.802. The van der Waals surface area contributed by atoms with Crippen molar-refractivity contribution in [3.05, 3.63) is 47.8 Å². The van der Waals surface area contributed by atoms with Crippen molar-refractivity contribution < 1.29 is 8.78 Å². The maximum absolute atomic E-state index is 13.7. The molecule has 0 spiro atoms. The monoisotopic (exact) mass is 220 g/mol. The molecule has 2 rings (SSSR count). The van der Waals surface area contributed by atoms with Crippen molar-refractivity contribution in [3.8, 4) is 11.1 Å². The highest BCUT2D eigenvalue weighted by atomic mass is 19.2. The van der Waals surface area contributed by atoms with E-state index in [-0.39, 0.29) is 11.1 Å². The summed E-state index contributed by atoms with van der Waals surface area (Å²) in [6.07, 6.45) is 2.90. The van der Waals surface area contributed by atoms with E-state index < -0.39 is 11.6 Å². The zero-order valence-corrected chi connectivity index (χ0v) is 8.67. The zero-order valence-electron chi connectivity index (χ0n) is 8.67. The molecule has 0 saturated heterocycles. The lowest BCUT2D eigenvalue weighted by atomic mass is 10.0. The predicted molar refractivity (Wildman–Crippen MR) is 58.7 cm³/mol. The Balaban J connectivity index is 2.66. The molecule has 0 atom stereocenters. The van der Waals surface area contributed by atoms with Gasteiger partial charge in [-0.05, 0) is 18.6 Å². The van der Waals surface area contributed by atoms with Gasteiger partial charge in [-0.25, -0.2) is 8.78 Å². The van der Waals surface area contributed by atoms with Crippen LogP contribution < -0.4 is 5.73 Å². The molecule has 1 heterocycles. The number of aryl methyl sites for hydroxylation is 1. The number of benzene rings is 1. The number of nitrogens with zero attached hydrogens (tertiary/aromatic N) is 1. The standard InChI is InChI=1S/C12H10F2N2/c1-7-2-3-9(12(14)11(7)13)8-4-5-16-6-10(8)15/h2-6H,15H2,1H3. The molecule has 1 aromatic carbocycles. The highest BCUT2D eigenvalue weighted by molar-refractivity contribution is 5.75. The Morgan fingerprint density at radius 1 is 1.06 bits per heavy atom. The number of aromatic nitrogens is 1. The maximum Gasteiger partial charge on any atom is 0.166 e. The molecule has 82 valence electrons. The van der Waals surface area contributed by atoms with Crippen LogP contribution in [0.2, 0.25) is 0 Å². The first-order valence-electron chi connectivity index (χ1n) is 4.75. The molecule has 2 nitrogen and oxygen atoms in total. The Labute approximate surface area is 91.7 Å². The van der Waals surface area contributed by atoms with Crippen LogP contribution in [0.5, 0.6) is 0 Å². The number of nitrogens with two attached hydrogens (primary N) is 1. The molecule has 0 fully saturated rings. The molecule has 0 bridgehead atoms. The van der Waals surface area contributed by atoms with Crippen LogP contribution in [-0.2, 0) is 0 Å². The lowest BCUT2D eigenvalue weighted by Gasteiger charge is -2.08. The Kier molecular flexibility index (Phi) is 2.56. The third kappa shape index (κ3) is 1.62. The van der Waals surface area contributed by atoms with Crippen molar-refractivity contribution in [1.29, 1.82) is 0 Å². The molecule has 0 unspecified atom stereocenters. The second kappa shape index (κ2) is 3.89. The fraction of sp³-hybridized carbons (Fsp3) is 0.0833. The molecule has 16 heavy (non-hydrogen) atoms. The van der Waals surface area contributed by atoms with Crippen LogP contribution >= 0.6 is 0 Å². The topological polar surface area (TPSA) is 38.9 Å². The van der Waals surface area contributed by atoms with Gasteiger partial charge in [0.1, 0.15) is 0 Å². The van der Waals surface area contributed by atoms with E-state index in [4.69, 9.17) is 5.73 Å². The van der Waals surface area contributed by atoms with Gasteiger partial charge in [-0.1, -0.05) is 12.1 Å². The number of hydrogen-bond acceptors (Lipinski definition) is 2. The number of hydrogen-bond donors (Lipinski definition) is 1. The number of pyridine rings is 1. The van der Waals surface area contributed by atoms with E-state index in [1.54, 1.807) is 6.07 Å². The van der Waals surface area contributed by atoms with Crippen molar-refractivity contribution in [2.24, 2.45) is 0 Å². The fourth-order valence-corrected chi connectivity index (χ4v) is 1.51. The van der Waals surface area contributed by atoms with Gasteiger partial charge in [0.05, 0.1) is 11.9 Å². The van der Waals surface area contributed by atoms with Crippen molar-refractivity contribution >= 4 is 5.69 Å². The van der Waals surface area contributed by atoms with Gasteiger partial charge in [-0.2, -0.15) is 0 Å². The lowest BCUT2D eigenvalue weighted by molar-refractivity contribution is 0.505. The predicted octanol–water partition coefficient (Wildman–Crippen LogP) is 2.92. The first kappa shape index (κ1) is 10.5. The highest BCUT2D eigenvalue weighted by Gasteiger charge is 2.13. The van der Waals surface area contributed by atoms with Crippen LogP contribution in [-0.4, -0.2) is 4.98 Å². The van der Waals surface area contributed by atoms with E-state index >= 15 is 0 Å². The zero-order chi connectivity index (χ0) is 11.7. The summed E-state index contributed by atoms with van der Waals surface area (Å²) in [4.78, 5) is 3.80. The second-order valence-corrected chi connectivity index (χ2v) is 3.52. The van der Waals surface area contributed by atoms with Crippen molar-refractivity contribution in [3.63, 3.8) is 0 Å². The molecule has 4 heteroatoms. The van der Waals surface area contributed by atoms with Crippen molar-refractivity contribution in [1.82, 2.24) is 4.98 Å². The number of anilines is 1. The molecule has 1 aromatic heterocycles. The van der Waals surface area contributed by atoms with Gasteiger partial charge in [-0.3, -0.25) is 4.98 Å².